The summed E-state index contributed by atoms with van der Waals surface area (Å²) in [4.78, 5) is 15.4. The van der Waals surface area contributed by atoms with Gasteiger partial charge in [-0.25, -0.2) is 4.79 Å². The summed E-state index contributed by atoms with van der Waals surface area (Å²) >= 11 is 0. The van der Waals surface area contributed by atoms with Crippen LogP contribution in [-0.4, -0.2) is 43.0 Å². The average Bonchev–Trinajstić information content (AvgIpc) is 2.59. The van der Waals surface area contributed by atoms with Gasteiger partial charge in [0, 0.05) is 27.2 Å². The summed E-state index contributed by atoms with van der Waals surface area (Å²) in [7, 11) is 3.66. The highest BCUT2D eigenvalue weighted by Crippen LogP contribution is 2.41. The minimum atomic E-state index is 0.187. The van der Waals surface area contributed by atoms with Gasteiger partial charge in [0.15, 0.2) is 0 Å². The topological polar surface area (TPSA) is 23.6 Å². The lowest BCUT2D eigenvalue weighted by Crippen LogP contribution is -2.38. The highest BCUT2D eigenvalue weighted by molar-refractivity contribution is 5.74. The summed E-state index contributed by atoms with van der Waals surface area (Å²) in [5.74, 6) is 2.45. The molecule has 1 saturated carbocycles. The summed E-state index contributed by atoms with van der Waals surface area (Å²) in [6.07, 6.45) is 2.64. The molecule has 80 valence electrons. The van der Waals surface area contributed by atoms with Crippen molar-refractivity contribution in [2.75, 3.05) is 27.2 Å². The Hall–Kier alpha value is -0.730. The van der Waals surface area contributed by atoms with E-state index in [1.165, 1.54) is 12.8 Å². The van der Waals surface area contributed by atoms with Crippen LogP contribution in [0.25, 0.3) is 0 Å². The summed E-state index contributed by atoms with van der Waals surface area (Å²) in [5.41, 5.74) is 0. The zero-order valence-corrected chi connectivity index (χ0v) is 9.36. The van der Waals surface area contributed by atoms with Crippen LogP contribution in [0.2, 0.25) is 0 Å². The number of nitrogens with zero attached hydrogens (tertiary/aromatic N) is 2. The fourth-order valence-corrected chi connectivity index (χ4v) is 3.04. The molecule has 2 rings (SSSR count). The maximum Gasteiger partial charge on any atom is 0.319 e. The molecule has 1 aliphatic heterocycles. The van der Waals surface area contributed by atoms with Gasteiger partial charge in [0.1, 0.15) is 0 Å². The molecule has 1 aliphatic carbocycles. The van der Waals surface area contributed by atoms with E-state index in [-0.39, 0.29) is 6.03 Å². The Labute approximate surface area is 86.1 Å². The van der Waals surface area contributed by atoms with Crippen molar-refractivity contribution in [3.63, 3.8) is 0 Å². The number of urea groups is 1. The van der Waals surface area contributed by atoms with Gasteiger partial charge < -0.3 is 9.80 Å². The van der Waals surface area contributed by atoms with Crippen LogP contribution in [0.1, 0.15) is 19.8 Å². The van der Waals surface area contributed by atoms with Gasteiger partial charge in [0.25, 0.3) is 0 Å². The van der Waals surface area contributed by atoms with E-state index in [0.29, 0.717) is 0 Å². The van der Waals surface area contributed by atoms with Crippen LogP contribution in [0.3, 0.4) is 0 Å². The van der Waals surface area contributed by atoms with Crippen LogP contribution < -0.4 is 0 Å². The normalized spacial score (nSPS) is 35.9. The first-order chi connectivity index (χ1) is 6.58. The Bertz CT molecular complexity index is 225. The Morgan fingerprint density at radius 1 is 1.21 bits per heavy atom. The lowest BCUT2D eigenvalue weighted by molar-refractivity contribution is 0.177. The van der Waals surface area contributed by atoms with Gasteiger partial charge in [-0.05, 0) is 30.6 Å². The summed E-state index contributed by atoms with van der Waals surface area (Å²) in [5, 5.41) is 0. The van der Waals surface area contributed by atoms with Gasteiger partial charge in [0.05, 0.1) is 0 Å². The van der Waals surface area contributed by atoms with Crippen LogP contribution in [0.4, 0.5) is 4.79 Å². The van der Waals surface area contributed by atoms with Crippen LogP contribution in [0.15, 0.2) is 0 Å². The molecule has 2 unspecified atom stereocenters. The molecule has 1 saturated heterocycles. The summed E-state index contributed by atoms with van der Waals surface area (Å²) < 4.78 is 0. The van der Waals surface area contributed by atoms with E-state index in [9.17, 15) is 4.79 Å². The molecule has 0 aromatic rings. The predicted molar refractivity (Wildman–Crippen MR) is 56.0 cm³/mol. The standard InChI is InChI=1S/C11H20N2O/c1-8-4-9-6-13(7-10(9)5-8)11(14)12(2)3/h8-10H,4-7H2,1-3H3. The number of rotatable bonds is 0. The molecule has 0 N–H and O–H groups in total. The zero-order valence-electron chi connectivity index (χ0n) is 9.36. The molecule has 0 spiro atoms. The minimum absolute atomic E-state index is 0.187. The molecular formula is C11H20N2O. The van der Waals surface area contributed by atoms with Crippen molar-refractivity contribution in [3.05, 3.63) is 0 Å². The third-order valence-corrected chi connectivity index (χ3v) is 3.64. The van der Waals surface area contributed by atoms with Crippen LogP contribution in [-0.2, 0) is 0 Å². The SMILES string of the molecule is CC1CC2CN(C(=O)N(C)C)CC2C1. The van der Waals surface area contributed by atoms with Gasteiger partial charge in [-0.2, -0.15) is 0 Å². The van der Waals surface area contributed by atoms with Crippen molar-refractivity contribution in [2.24, 2.45) is 17.8 Å². The number of carbonyl (C=O) groups is 1. The van der Waals surface area contributed by atoms with E-state index in [4.69, 9.17) is 0 Å². The zero-order chi connectivity index (χ0) is 10.3. The van der Waals surface area contributed by atoms with Gasteiger partial charge in [0.2, 0.25) is 0 Å². The van der Waals surface area contributed by atoms with Crippen molar-refractivity contribution in [3.8, 4) is 0 Å². The first-order valence-corrected chi connectivity index (χ1v) is 5.54. The Morgan fingerprint density at radius 3 is 2.14 bits per heavy atom. The number of carbonyl (C=O) groups excluding carboxylic acids is 1. The lowest BCUT2D eigenvalue weighted by Gasteiger charge is -2.22. The number of amides is 2. The maximum absolute atomic E-state index is 11.7. The largest absolute Gasteiger partial charge is 0.331 e. The van der Waals surface area contributed by atoms with E-state index >= 15 is 0 Å². The van der Waals surface area contributed by atoms with Crippen molar-refractivity contribution in [1.82, 2.24) is 9.80 Å². The molecule has 2 fully saturated rings. The van der Waals surface area contributed by atoms with Crippen LogP contribution in [0.5, 0.6) is 0 Å². The van der Waals surface area contributed by atoms with Crippen molar-refractivity contribution in [2.45, 2.75) is 19.8 Å². The van der Waals surface area contributed by atoms with Gasteiger partial charge >= 0.3 is 6.03 Å². The molecule has 2 atom stereocenters. The lowest BCUT2D eigenvalue weighted by atomic mass is 10.0. The Balaban J connectivity index is 1.94. The highest BCUT2D eigenvalue weighted by Gasteiger charge is 2.41. The third-order valence-electron chi connectivity index (χ3n) is 3.64. The molecule has 0 bridgehead atoms. The number of likely N-dealkylation sites (tertiary alicyclic amines) is 1. The molecule has 0 aromatic carbocycles. The maximum atomic E-state index is 11.7. The van der Waals surface area contributed by atoms with Gasteiger partial charge in [-0.15, -0.1) is 0 Å². The molecule has 0 radical (unpaired) electrons. The summed E-state index contributed by atoms with van der Waals surface area (Å²) in [6, 6.07) is 0.187. The first kappa shape index (κ1) is 9.81. The van der Waals surface area contributed by atoms with E-state index < -0.39 is 0 Å². The average molecular weight is 196 g/mol. The van der Waals surface area contributed by atoms with E-state index in [1.807, 2.05) is 19.0 Å². The number of fused-ring (bicyclic) bond motifs is 1. The van der Waals surface area contributed by atoms with E-state index in [0.717, 1.165) is 30.8 Å². The van der Waals surface area contributed by atoms with E-state index in [2.05, 4.69) is 6.92 Å². The van der Waals surface area contributed by atoms with E-state index in [1.54, 1.807) is 4.90 Å². The molecule has 14 heavy (non-hydrogen) atoms. The fraction of sp³-hybridized carbons (Fsp3) is 0.909. The van der Waals surface area contributed by atoms with Crippen molar-refractivity contribution >= 4 is 6.03 Å². The van der Waals surface area contributed by atoms with Crippen LogP contribution in [0, 0.1) is 17.8 Å². The van der Waals surface area contributed by atoms with Crippen molar-refractivity contribution in [1.29, 1.82) is 0 Å². The third kappa shape index (κ3) is 1.60. The second kappa shape index (κ2) is 3.44. The fourth-order valence-electron chi connectivity index (χ4n) is 3.04. The van der Waals surface area contributed by atoms with Crippen LogP contribution >= 0.6 is 0 Å². The minimum Gasteiger partial charge on any atom is -0.331 e. The number of hydrogen-bond donors (Lipinski definition) is 0. The number of hydrogen-bond acceptors (Lipinski definition) is 1. The van der Waals surface area contributed by atoms with Gasteiger partial charge in [-0.3, -0.25) is 0 Å². The molecule has 3 heteroatoms. The Kier molecular flexibility index (Phi) is 2.41. The molecule has 1 heterocycles. The first-order valence-electron chi connectivity index (χ1n) is 5.54. The second-order valence-electron chi connectivity index (χ2n) is 5.18. The summed E-state index contributed by atoms with van der Waals surface area (Å²) in [6.45, 7) is 4.31. The molecule has 2 aliphatic rings. The molecule has 0 aromatic heterocycles. The smallest absolute Gasteiger partial charge is 0.319 e. The Morgan fingerprint density at radius 2 is 1.71 bits per heavy atom. The monoisotopic (exact) mass is 196 g/mol. The highest BCUT2D eigenvalue weighted by atomic mass is 16.2. The quantitative estimate of drug-likeness (QED) is 0.578. The van der Waals surface area contributed by atoms with Crippen molar-refractivity contribution < 1.29 is 4.79 Å². The van der Waals surface area contributed by atoms with Gasteiger partial charge in [-0.1, -0.05) is 6.92 Å². The second-order valence-corrected chi connectivity index (χ2v) is 5.18. The molecule has 3 nitrogen and oxygen atoms in total. The molecule has 2 amide bonds. The predicted octanol–water partition coefficient (Wildman–Crippen LogP) is 1.65. The molecular weight excluding hydrogens is 176 g/mol.